The van der Waals surface area contributed by atoms with Crippen LogP contribution in [0, 0.1) is 0 Å². The van der Waals surface area contributed by atoms with Gasteiger partial charge in [-0.05, 0) is 18.6 Å². The third-order valence-electron chi connectivity index (χ3n) is 3.39. The van der Waals surface area contributed by atoms with Crippen molar-refractivity contribution in [1.82, 2.24) is 19.3 Å². The van der Waals surface area contributed by atoms with Gasteiger partial charge in [-0.25, -0.2) is 4.98 Å². The summed E-state index contributed by atoms with van der Waals surface area (Å²) >= 11 is 6.38. The standard InChI is InChI=1S/C15H15ClN4O/c1-3-12(16)14-18-13-7-5-4-6-11(13)15(21)20(14)10-8-17-19(2)9-10/h4-9,12H,3H2,1-2H3. The second-order valence-corrected chi connectivity index (χ2v) is 5.40. The van der Waals surface area contributed by atoms with Crippen LogP contribution in [0.4, 0.5) is 0 Å². The van der Waals surface area contributed by atoms with E-state index in [2.05, 4.69) is 10.1 Å². The third kappa shape index (κ3) is 2.34. The molecule has 2 aromatic heterocycles. The number of nitrogens with zero attached hydrogens (tertiary/aromatic N) is 4. The maximum Gasteiger partial charge on any atom is 0.266 e. The first kappa shape index (κ1) is 13.8. The zero-order valence-corrected chi connectivity index (χ0v) is 12.6. The van der Waals surface area contributed by atoms with Gasteiger partial charge in [0.05, 0.1) is 28.2 Å². The Labute approximate surface area is 126 Å². The highest BCUT2D eigenvalue weighted by Crippen LogP contribution is 2.24. The average Bonchev–Trinajstić information content (AvgIpc) is 2.92. The van der Waals surface area contributed by atoms with E-state index in [9.17, 15) is 4.79 Å². The summed E-state index contributed by atoms with van der Waals surface area (Å²) in [7, 11) is 1.81. The van der Waals surface area contributed by atoms with Crippen molar-refractivity contribution in [2.75, 3.05) is 0 Å². The first-order valence-electron chi connectivity index (χ1n) is 6.76. The molecule has 0 bridgehead atoms. The van der Waals surface area contributed by atoms with Gasteiger partial charge in [-0.1, -0.05) is 19.1 Å². The monoisotopic (exact) mass is 302 g/mol. The largest absolute Gasteiger partial charge is 0.274 e. The van der Waals surface area contributed by atoms with Crippen molar-refractivity contribution >= 4 is 22.5 Å². The SMILES string of the molecule is CCC(Cl)c1nc2ccccc2c(=O)n1-c1cnn(C)c1. The third-order valence-corrected chi connectivity index (χ3v) is 3.89. The van der Waals surface area contributed by atoms with Crippen molar-refractivity contribution < 1.29 is 0 Å². The highest BCUT2D eigenvalue weighted by atomic mass is 35.5. The van der Waals surface area contributed by atoms with Gasteiger partial charge in [-0.15, -0.1) is 11.6 Å². The molecule has 0 saturated carbocycles. The molecule has 0 fully saturated rings. The Balaban J connectivity index is 2.39. The molecular formula is C15H15ClN4O. The van der Waals surface area contributed by atoms with Crippen molar-refractivity contribution in [3.63, 3.8) is 0 Å². The number of halogens is 1. The minimum atomic E-state index is -0.331. The smallest absolute Gasteiger partial charge is 0.266 e. The van der Waals surface area contributed by atoms with Crippen LogP contribution in [0.1, 0.15) is 24.5 Å². The number of aryl methyl sites for hydroxylation is 1. The van der Waals surface area contributed by atoms with Crippen LogP contribution in [0.2, 0.25) is 0 Å². The lowest BCUT2D eigenvalue weighted by Crippen LogP contribution is -2.24. The summed E-state index contributed by atoms with van der Waals surface area (Å²) in [6, 6.07) is 7.29. The Morgan fingerprint density at radius 2 is 2.10 bits per heavy atom. The van der Waals surface area contributed by atoms with Crippen LogP contribution in [0.5, 0.6) is 0 Å². The number of benzene rings is 1. The number of hydrogen-bond donors (Lipinski definition) is 0. The van der Waals surface area contributed by atoms with Gasteiger partial charge >= 0.3 is 0 Å². The molecule has 2 heterocycles. The maximum atomic E-state index is 12.8. The van der Waals surface area contributed by atoms with E-state index in [1.54, 1.807) is 34.8 Å². The summed E-state index contributed by atoms with van der Waals surface area (Å²) in [5, 5.41) is 4.37. The Morgan fingerprint density at radius 1 is 1.33 bits per heavy atom. The molecule has 0 spiro atoms. The maximum absolute atomic E-state index is 12.8. The fourth-order valence-corrected chi connectivity index (χ4v) is 2.46. The summed E-state index contributed by atoms with van der Waals surface area (Å²) in [5.74, 6) is 0.552. The predicted molar refractivity (Wildman–Crippen MR) is 83.0 cm³/mol. The van der Waals surface area contributed by atoms with Crippen LogP contribution >= 0.6 is 11.6 Å². The van der Waals surface area contributed by atoms with Gasteiger partial charge in [0, 0.05) is 13.2 Å². The molecule has 0 aliphatic rings. The van der Waals surface area contributed by atoms with E-state index in [-0.39, 0.29) is 10.9 Å². The van der Waals surface area contributed by atoms with E-state index in [0.717, 1.165) is 0 Å². The van der Waals surface area contributed by atoms with Crippen molar-refractivity contribution in [1.29, 1.82) is 0 Å². The molecule has 1 unspecified atom stereocenters. The molecule has 0 aliphatic carbocycles. The number of alkyl halides is 1. The van der Waals surface area contributed by atoms with Gasteiger partial charge in [-0.3, -0.25) is 14.0 Å². The van der Waals surface area contributed by atoms with E-state index in [0.29, 0.717) is 28.8 Å². The Kier molecular flexibility index (Phi) is 3.51. The highest BCUT2D eigenvalue weighted by molar-refractivity contribution is 6.20. The zero-order valence-electron chi connectivity index (χ0n) is 11.8. The van der Waals surface area contributed by atoms with Crippen LogP contribution in [-0.4, -0.2) is 19.3 Å². The second kappa shape index (κ2) is 5.33. The fourth-order valence-electron chi connectivity index (χ4n) is 2.32. The van der Waals surface area contributed by atoms with Crippen LogP contribution in [0.15, 0.2) is 41.5 Å². The Morgan fingerprint density at radius 3 is 2.76 bits per heavy atom. The molecule has 0 radical (unpaired) electrons. The number of fused-ring (bicyclic) bond motifs is 1. The second-order valence-electron chi connectivity index (χ2n) is 4.88. The van der Waals surface area contributed by atoms with Crippen molar-refractivity contribution in [2.24, 2.45) is 7.05 Å². The molecule has 21 heavy (non-hydrogen) atoms. The molecule has 5 nitrogen and oxygen atoms in total. The fraction of sp³-hybridized carbons (Fsp3) is 0.267. The van der Waals surface area contributed by atoms with E-state index in [4.69, 9.17) is 11.6 Å². The summed E-state index contributed by atoms with van der Waals surface area (Å²) in [5.41, 5.74) is 1.22. The van der Waals surface area contributed by atoms with E-state index in [1.807, 2.05) is 25.1 Å². The van der Waals surface area contributed by atoms with Gasteiger partial charge in [0.25, 0.3) is 5.56 Å². The predicted octanol–water partition coefficient (Wildman–Crippen LogP) is 2.81. The van der Waals surface area contributed by atoms with Gasteiger partial charge < -0.3 is 0 Å². The van der Waals surface area contributed by atoms with Gasteiger partial charge in [0.15, 0.2) is 0 Å². The minimum absolute atomic E-state index is 0.122. The zero-order chi connectivity index (χ0) is 15.0. The molecule has 0 saturated heterocycles. The quantitative estimate of drug-likeness (QED) is 0.699. The highest BCUT2D eigenvalue weighted by Gasteiger charge is 2.18. The molecule has 6 heteroatoms. The first-order chi connectivity index (χ1) is 10.1. The lowest BCUT2D eigenvalue weighted by Gasteiger charge is -2.14. The molecule has 0 amide bonds. The number of para-hydroxylation sites is 1. The van der Waals surface area contributed by atoms with E-state index >= 15 is 0 Å². The summed E-state index contributed by atoms with van der Waals surface area (Å²) in [4.78, 5) is 17.4. The Bertz CT molecular complexity index is 852. The normalized spacial score (nSPS) is 12.7. The lowest BCUT2D eigenvalue weighted by molar-refractivity contribution is 0.747. The lowest BCUT2D eigenvalue weighted by atomic mass is 10.2. The van der Waals surface area contributed by atoms with Crippen LogP contribution in [-0.2, 0) is 7.05 Å². The van der Waals surface area contributed by atoms with E-state index < -0.39 is 0 Å². The molecule has 3 rings (SSSR count). The number of hydrogen-bond acceptors (Lipinski definition) is 3. The molecule has 3 aromatic rings. The summed E-state index contributed by atoms with van der Waals surface area (Å²) in [6.45, 7) is 1.96. The molecule has 0 N–H and O–H groups in total. The molecule has 0 aliphatic heterocycles. The number of aromatic nitrogens is 4. The first-order valence-corrected chi connectivity index (χ1v) is 7.20. The van der Waals surface area contributed by atoms with Gasteiger partial charge in [0.1, 0.15) is 5.82 Å². The van der Waals surface area contributed by atoms with Crippen LogP contribution in [0.3, 0.4) is 0 Å². The van der Waals surface area contributed by atoms with Crippen LogP contribution < -0.4 is 5.56 Å². The van der Waals surface area contributed by atoms with Crippen LogP contribution in [0.25, 0.3) is 16.6 Å². The molecule has 1 atom stereocenters. The molecule has 1 aromatic carbocycles. The van der Waals surface area contributed by atoms with Gasteiger partial charge in [0.2, 0.25) is 0 Å². The van der Waals surface area contributed by atoms with Crippen molar-refractivity contribution in [3.8, 4) is 5.69 Å². The molecule has 108 valence electrons. The van der Waals surface area contributed by atoms with Crippen molar-refractivity contribution in [2.45, 2.75) is 18.7 Å². The van der Waals surface area contributed by atoms with Crippen molar-refractivity contribution in [3.05, 3.63) is 52.8 Å². The number of rotatable bonds is 3. The average molecular weight is 303 g/mol. The Hall–Kier alpha value is -2.14. The van der Waals surface area contributed by atoms with Gasteiger partial charge in [-0.2, -0.15) is 5.10 Å². The summed E-state index contributed by atoms with van der Waals surface area (Å²) in [6.07, 6.45) is 4.11. The van der Waals surface area contributed by atoms with E-state index in [1.165, 1.54) is 0 Å². The minimum Gasteiger partial charge on any atom is -0.274 e. The molecular weight excluding hydrogens is 288 g/mol. The summed E-state index contributed by atoms with van der Waals surface area (Å²) < 4.78 is 3.20. The topological polar surface area (TPSA) is 52.7 Å².